The van der Waals surface area contributed by atoms with Crippen molar-refractivity contribution in [2.45, 2.75) is 12.6 Å². The van der Waals surface area contributed by atoms with Crippen molar-refractivity contribution >= 4 is 23.3 Å². The Morgan fingerprint density at radius 3 is 2.41 bits per heavy atom. The Hall–Kier alpha value is -2.86. The van der Waals surface area contributed by atoms with Crippen LogP contribution >= 0.6 is 11.6 Å². The summed E-state index contributed by atoms with van der Waals surface area (Å²) in [6.45, 7) is 0.997. The van der Waals surface area contributed by atoms with Crippen molar-refractivity contribution in [2.24, 2.45) is 0 Å². The number of nitrogens with one attached hydrogen (secondary N) is 1. The Balaban J connectivity index is 1.70. The predicted octanol–water partition coefficient (Wildman–Crippen LogP) is 5.06. The van der Waals surface area contributed by atoms with Crippen molar-refractivity contribution in [3.05, 3.63) is 88.7 Å². The van der Waals surface area contributed by atoms with E-state index in [0.29, 0.717) is 18.1 Å². The average molecular weight is 388 g/mol. The fourth-order valence-corrected chi connectivity index (χ4v) is 3.52. The summed E-state index contributed by atoms with van der Waals surface area (Å²) in [5.74, 6) is -1.63. The third-order valence-corrected chi connectivity index (χ3v) is 4.93. The van der Waals surface area contributed by atoms with E-state index in [-0.39, 0.29) is 6.04 Å². The van der Waals surface area contributed by atoms with Gasteiger partial charge in [-0.25, -0.2) is 13.6 Å². The molecule has 0 saturated carbocycles. The minimum absolute atomic E-state index is 0.388. The molecule has 0 saturated heterocycles. The molecule has 0 radical (unpaired) electrons. The molecule has 0 spiro atoms. The lowest BCUT2D eigenvalue weighted by Crippen LogP contribution is -2.44. The Morgan fingerprint density at radius 2 is 1.70 bits per heavy atom. The molecule has 1 aromatic heterocycles. The Bertz CT molecular complexity index is 967. The van der Waals surface area contributed by atoms with Gasteiger partial charge in [0.25, 0.3) is 0 Å². The third kappa shape index (κ3) is 3.28. The summed E-state index contributed by atoms with van der Waals surface area (Å²) >= 11 is 5.99. The highest BCUT2D eigenvalue weighted by Crippen LogP contribution is 2.33. The highest BCUT2D eigenvalue weighted by Gasteiger charge is 2.32. The molecule has 1 aliphatic heterocycles. The summed E-state index contributed by atoms with van der Waals surface area (Å²) in [5.41, 5.74) is 1.34. The molecule has 27 heavy (non-hydrogen) atoms. The number of amides is 2. The standard InChI is InChI=1S/C20H16ClF2N3O/c21-14-8-6-13(7-9-14)19-17-5-2-10-25(17)11-12-26(19)20(27)24-18-15(22)3-1-4-16(18)23/h1-10,19H,11-12H2,(H,24,27)/t19-/m1/s1. The molecular weight excluding hydrogens is 372 g/mol. The molecule has 1 N–H and O–H groups in total. The second kappa shape index (κ2) is 7.04. The van der Waals surface area contributed by atoms with E-state index in [9.17, 15) is 13.6 Å². The van der Waals surface area contributed by atoms with Crippen LogP contribution in [0.25, 0.3) is 0 Å². The summed E-state index contributed by atoms with van der Waals surface area (Å²) < 4.78 is 29.9. The molecule has 4 nitrogen and oxygen atoms in total. The quantitative estimate of drug-likeness (QED) is 0.656. The molecular formula is C20H16ClF2N3O. The first kappa shape index (κ1) is 17.5. The van der Waals surface area contributed by atoms with E-state index in [0.717, 1.165) is 23.4 Å². The van der Waals surface area contributed by atoms with Gasteiger partial charge in [-0.1, -0.05) is 29.8 Å². The van der Waals surface area contributed by atoms with Crippen molar-refractivity contribution in [1.29, 1.82) is 0 Å². The summed E-state index contributed by atoms with van der Waals surface area (Å²) in [6, 6.07) is 13.6. The van der Waals surface area contributed by atoms with Crippen molar-refractivity contribution in [1.82, 2.24) is 9.47 Å². The van der Waals surface area contributed by atoms with Gasteiger partial charge >= 0.3 is 6.03 Å². The van der Waals surface area contributed by atoms with Crippen molar-refractivity contribution < 1.29 is 13.6 Å². The van der Waals surface area contributed by atoms with E-state index in [1.165, 1.54) is 6.07 Å². The summed E-state index contributed by atoms with van der Waals surface area (Å²) in [6.07, 6.45) is 1.95. The zero-order chi connectivity index (χ0) is 19.0. The lowest BCUT2D eigenvalue weighted by Gasteiger charge is -2.37. The summed E-state index contributed by atoms with van der Waals surface area (Å²) in [7, 11) is 0. The molecule has 1 aliphatic rings. The maximum atomic E-state index is 13.9. The smallest absolute Gasteiger partial charge is 0.322 e. The monoisotopic (exact) mass is 387 g/mol. The van der Waals surface area contributed by atoms with Crippen LogP contribution < -0.4 is 5.32 Å². The first-order valence-electron chi connectivity index (χ1n) is 8.47. The van der Waals surface area contributed by atoms with Crippen LogP contribution in [0, 0.1) is 11.6 Å². The number of urea groups is 1. The van der Waals surface area contributed by atoms with E-state index in [1.54, 1.807) is 17.0 Å². The van der Waals surface area contributed by atoms with Crippen LogP contribution in [-0.2, 0) is 6.54 Å². The second-order valence-electron chi connectivity index (χ2n) is 6.30. The Labute approximate surface area is 160 Å². The number of anilines is 1. The fraction of sp³-hybridized carbons (Fsp3) is 0.150. The predicted molar refractivity (Wildman–Crippen MR) is 99.8 cm³/mol. The van der Waals surface area contributed by atoms with Gasteiger partial charge in [0.2, 0.25) is 0 Å². The van der Waals surface area contributed by atoms with Crippen molar-refractivity contribution in [3.8, 4) is 0 Å². The molecule has 0 fully saturated rings. The first-order valence-corrected chi connectivity index (χ1v) is 8.84. The maximum Gasteiger partial charge on any atom is 0.322 e. The SMILES string of the molecule is O=C(Nc1c(F)cccc1F)N1CCn2cccc2[C@H]1c1ccc(Cl)cc1. The second-order valence-corrected chi connectivity index (χ2v) is 6.74. The van der Waals surface area contributed by atoms with Gasteiger partial charge in [0, 0.05) is 30.0 Å². The molecule has 0 aliphatic carbocycles. The van der Waals surface area contributed by atoms with E-state index >= 15 is 0 Å². The topological polar surface area (TPSA) is 37.3 Å². The number of fused-ring (bicyclic) bond motifs is 1. The number of rotatable bonds is 2. The molecule has 138 valence electrons. The van der Waals surface area contributed by atoms with Crippen LogP contribution in [-0.4, -0.2) is 22.0 Å². The molecule has 0 unspecified atom stereocenters. The van der Waals surface area contributed by atoms with Gasteiger partial charge < -0.3 is 14.8 Å². The fourth-order valence-electron chi connectivity index (χ4n) is 3.39. The lowest BCUT2D eigenvalue weighted by atomic mass is 10.0. The van der Waals surface area contributed by atoms with Crippen LogP contribution in [0.15, 0.2) is 60.8 Å². The van der Waals surface area contributed by atoms with Gasteiger partial charge in [-0.05, 0) is 42.0 Å². The minimum Gasteiger partial charge on any atom is -0.348 e. The largest absolute Gasteiger partial charge is 0.348 e. The van der Waals surface area contributed by atoms with E-state index in [2.05, 4.69) is 9.88 Å². The third-order valence-electron chi connectivity index (χ3n) is 4.68. The first-order chi connectivity index (χ1) is 13.0. The molecule has 7 heteroatoms. The normalized spacial score (nSPS) is 16.1. The lowest BCUT2D eigenvalue weighted by molar-refractivity contribution is 0.181. The van der Waals surface area contributed by atoms with Crippen LogP contribution in [0.1, 0.15) is 17.3 Å². The minimum atomic E-state index is -0.813. The zero-order valence-electron chi connectivity index (χ0n) is 14.2. The number of hydrogen-bond acceptors (Lipinski definition) is 1. The van der Waals surface area contributed by atoms with Crippen LogP contribution in [0.2, 0.25) is 5.02 Å². The number of carbonyl (C=O) groups excluding carboxylic acids is 1. The van der Waals surface area contributed by atoms with Crippen LogP contribution in [0.4, 0.5) is 19.3 Å². The number of halogens is 3. The molecule has 1 atom stereocenters. The number of carbonyl (C=O) groups is 1. The van der Waals surface area contributed by atoms with E-state index < -0.39 is 23.4 Å². The molecule has 2 aromatic carbocycles. The summed E-state index contributed by atoms with van der Waals surface area (Å²) in [4.78, 5) is 14.5. The molecule has 2 heterocycles. The summed E-state index contributed by atoms with van der Waals surface area (Å²) in [5, 5.41) is 2.98. The van der Waals surface area contributed by atoms with Crippen molar-refractivity contribution in [3.63, 3.8) is 0 Å². The molecule has 4 rings (SSSR count). The zero-order valence-corrected chi connectivity index (χ0v) is 15.0. The number of aromatic nitrogens is 1. The number of para-hydroxylation sites is 1. The van der Waals surface area contributed by atoms with Crippen LogP contribution in [0.3, 0.4) is 0 Å². The molecule has 0 bridgehead atoms. The van der Waals surface area contributed by atoms with E-state index in [4.69, 9.17) is 11.6 Å². The molecule has 2 amide bonds. The van der Waals surface area contributed by atoms with Gasteiger partial charge in [0.1, 0.15) is 17.3 Å². The number of nitrogens with zero attached hydrogens (tertiary/aromatic N) is 2. The number of hydrogen-bond donors (Lipinski definition) is 1. The molecule has 3 aromatic rings. The van der Waals surface area contributed by atoms with Gasteiger partial charge in [0.15, 0.2) is 0 Å². The van der Waals surface area contributed by atoms with Crippen LogP contribution in [0.5, 0.6) is 0 Å². The van der Waals surface area contributed by atoms with E-state index in [1.807, 2.05) is 30.5 Å². The average Bonchev–Trinajstić information content (AvgIpc) is 3.13. The van der Waals surface area contributed by atoms with Gasteiger partial charge in [-0.3, -0.25) is 0 Å². The number of benzene rings is 2. The van der Waals surface area contributed by atoms with Gasteiger partial charge in [-0.15, -0.1) is 0 Å². The van der Waals surface area contributed by atoms with Crippen molar-refractivity contribution in [2.75, 3.05) is 11.9 Å². The Morgan fingerprint density at radius 1 is 1.00 bits per heavy atom. The highest BCUT2D eigenvalue weighted by molar-refractivity contribution is 6.30. The Kier molecular flexibility index (Phi) is 4.58. The highest BCUT2D eigenvalue weighted by atomic mass is 35.5. The maximum absolute atomic E-state index is 13.9. The van der Waals surface area contributed by atoms with Gasteiger partial charge in [-0.2, -0.15) is 0 Å². The van der Waals surface area contributed by atoms with Gasteiger partial charge in [0.05, 0.1) is 6.04 Å².